The molecule has 0 radical (unpaired) electrons. The Balaban J connectivity index is 2.13. The Bertz CT molecular complexity index is 414. The SMILES string of the molecule is COc1ccc(Br)c(CC2(N)CCC(O)CC2)c1. The van der Waals surface area contributed by atoms with E-state index in [0.29, 0.717) is 0 Å². The van der Waals surface area contributed by atoms with Crippen LogP contribution in [-0.4, -0.2) is 23.9 Å². The summed E-state index contributed by atoms with van der Waals surface area (Å²) >= 11 is 3.56. The van der Waals surface area contributed by atoms with Crippen LogP contribution in [0.5, 0.6) is 5.75 Å². The smallest absolute Gasteiger partial charge is 0.119 e. The van der Waals surface area contributed by atoms with Crippen molar-refractivity contribution in [2.24, 2.45) is 5.73 Å². The van der Waals surface area contributed by atoms with Gasteiger partial charge in [0.2, 0.25) is 0 Å². The molecule has 0 unspecified atom stereocenters. The lowest BCUT2D eigenvalue weighted by Gasteiger charge is -2.36. The lowest BCUT2D eigenvalue weighted by molar-refractivity contribution is 0.0972. The van der Waals surface area contributed by atoms with E-state index in [2.05, 4.69) is 15.9 Å². The van der Waals surface area contributed by atoms with Gasteiger partial charge in [-0.3, -0.25) is 0 Å². The minimum atomic E-state index is -0.200. The molecule has 4 heteroatoms. The van der Waals surface area contributed by atoms with Crippen molar-refractivity contribution in [2.45, 2.75) is 43.7 Å². The second-order valence-electron chi connectivity index (χ2n) is 5.23. The van der Waals surface area contributed by atoms with Gasteiger partial charge in [0.25, 0.3) is 0 Å². The summed E-state index contributed by atoms with van der Waals surface area (Å²) in [7, 11) is 1.67. The average molecular weight is 314 g/mol. The van der Waals surface area contributed by atoms with Gasteiger partial charge in [-0.25, -0.2) is 0 Å². The zero-order valence-electron chi connectivity index (χ0n) is 10.7. The highest BCUT2D eigenvalue weighted by molar-refractivity contribution is 9.10. The Morgan fingerprint density at radius 2 is 2.11 bits per heavy atom. The predicted molar refractivity (Wildman–Crippen MR) is 75.8 cm³/mol. The molecule has 3 nitrogen and oxygen atoms in total. The van der Waals surface area contributed by atoms with Crippen LogP contribution in [0.4, 0.5) is 0 Å². The molecule has 1 aromatic carbocycles. The van der Waals surface area contributed by atoms with Gasteiger partial charge in [0.15, 0.2) is 0 Å². The number of hydrogen-bond acceptors (Lipinski definition) is 3. The normalized spacial score (nSPS) is 28.1. The minimum absolute atomic E-state index is 0.171. The van der Waals surface area contributed by atoms with E-state index in [1.54, 1.807) is 7.11 Å². The van der Waals surface area contributed by atoms with Gasteiger partial charge in [-0.1, -0.05) is 15.9 Å². The summed E-state index contributed by atoms with van der Waals surface area (Å²) in [6.07, 6.45) is 4.00. The fraction of sp³-hybridized carbons (Fsp3) is 0.571. The first-order valence-electron chi connectivity index (χ1n) is 6.32. The van der Waals surface area contributed by atoms with Crippen molar-refractivity contribution < 1.29 is 9.84 Å². The van der Waals surface area contributed by atoms with Crippen LogP contribution in [0.1, 0.15) is 31.2 Å². The van der Waals surface area contributed by atoms with E-state index in [0.717, 1.165) is 42.3 Å². The average Bonchev–Trinajstić information content (AvgIpc) is 2.36. The third-order valence-corrected chi connectivity index (χ3v) is 4.52. The third kappa shape index (κ3) is 3.25. The number of rotatable bonds is 3. The second-order valence-corrected chi connectivity index (χ2v) is 6.08. The first kappa shape index (κ1) is 13.8. The molecule has 0 saturated heterocycles. The minimum Gasteiger partial charge on any atom is -0.497 e. The molecule has 0 spiro atoms. The highest BCUT2D eigenvalue weighted by Crippen LogP contribution is 2.32. The van der Waals surface area contributed by atoms with Crippen molar-refractivity contribution in [3.05, 3.63) is 28.2 Å². The molecule has 1 aliphatic rings. The molecule has 1 saturated carbocycles. The number of ether oxygens (including phenoxy) is 1. The van der Waals surface area contributed by atoms with E-state index in [4.69, 9.17) is 10.5 Å². The van der Waals surface area contributed by atoms with Crippen molar-refractivity contribution >= 4 is 15.9 Å². The third-order valence-electron chi connectivity index (χ3n) is 3.75. The summed E-state index contributed by atoms with van der Waals surface area (Å²) in [5, 5.41) is 9.56. The maximum absolute atomic E-state index is 9.56. The van der Waals surface area contributed by atoms with E-state index in [1.807, 2.05) is 18.2 Å². The fourth-order valence-corrected chi connectivity index (χ4v) is 2.93. The van der Waals surface area contributed by atoms with Crippen molar-refractivity contribution in [3.8, 4) is 5.75 Å². The number of aliphatic hydroxyl groups excluding tert-OH is 1. The molecule has 0 heterocycles. The molecule has 0 aliphatic heterocycles. The van der Waals surface area contributed by atoms with Crippen molar-refractivity contribution in [1.29, 1.82) is 0 Å². The summed E-state index contributed by atoms with van der Waals surface area (Å²) in [5.41, 5.74) is 7.41. The van der Waals surface area contributed by atoms with Crippen LogP contribution in [0.25, 0.3) is 0 Å². The lowest BCUT2D eigenvalue weighted by atomic mass is 9.77. The van der Waals surface area contributed by atoms with Gasteiger partial charge in [0, 0.05) is 10.0 Å². The van der Waals surface area contributed by atoms with Gasteiger partial charge in [-0.2, -0.15) is 0 Å². The lowest BCUT2D eigenvalue weighted by Crippen LogP contribution is -2.46. The van der Waals surface area contributed by atoms with Crippen molar-refractivity contribution in [3.63, 3.8) is 0 Å². The van der Waals surface area contributed by atoms with Crippen molar-refractivity contribution in [2.75, 3.05) is 7.11 Å². The molecule has 100 valence electrons. The summed E-state index contributed by atoms with van der Waals surface area (Å²) in [5.74, 6) is 0.854. The zero-order valence-corrected chi connectivity index (χ0v) is 12.2. The highest BCUT2D eigenvalue weighted by atomic mass is 79.9. The van der Waals surface area contributed by atoms with Gasteiger partial charge >= 0.3 is 0 Å². The molecule has 2 rings (SSSR count). The molecule has 0 bridgehead atoms. The molecule has 18 heavy (non-hydrogen) atoms. The Labute approximate surface area is 116 Å². The van der Waals surface area contributed by atoms with E-state index < -0.39 is 0 Å². The molecular weight excluding hydrogens is 294 g/mol. The Morgan fingerprint density at radius 3 is 2.72 bits per heavy atom. The molecular formula is C14H20BrNO2. The predicted octanol–water partition coefficient (Wildman–Crippen LogP) is 2.63. The van der Waals surface area contributed by atoms with Gasteiger partial charge in [-0.15, -0.1) is 0 Å². The van der Waals surface area contributed by atoms with Crippen LogP contribution >= 0.6 is 15.9 Å². The monoisotopic (exact) mass is 313 g/mol. The Hall–Kier alpha value is -0.580. The number of methoxy groups -OCH3 is 1. The van der Waals surface area contributed by atoms with Crippen LogP contribution in [0, 0.1) is 0 Å². The first-order valence-corrected chi connectivity index (χ1v) is 7.11. The number of halogens is 1. The topological polar surface area (TPSA) is 55.5 Å². The summed E-state index contributed by atoms with van der Waals surface area (Å²) in [6, 6.07) is 5.96. The molecule has 1 aliphatic carbocycles. The summed E-state index contributed by atoms with van der Waals surface area (Å²) in [4.78, 5) is 0. The van der Waals surface area contributed by atoms with Crippen LogP contribution in [0.2, 0.25) is 0 Å². The highest BCUT2D eigenvalue weighted by Gasteiger charge is 2.31. The standard InChI is InChI=1S/C14H20BrNO2/c1-18-12-2-3-13(15)10(8-12)9-14(16)6-4-11(17)5-7-14/h2-3,8,11,17H,4-7,9,16H2,1H3. The van der Waals surface area contributed by atoms with Crippen molar-refractivity contribution in [1.82, 2.24) is 0 Å². The first-order chi connectivity index (χ1) is 8.52. The number of nitrogens with two attached hydrogens (primary N) is 1. The van der Waals surface area contributed by atoms with Gasteiger partial charge in [0.05, 0.1) is 13.2 Å². The van der Waals surface area contributed by atoms with E-state index in [1.165, 1.54) is 5.56 Å². The van der Waals surface area contributed by atoms with Crippen LogP contribution < -0.4 is 10.5 Å². The van der Waals surface area contributed by atoms with Crippen LogP contribution in [-0.2, 0) is 6.42 Å². The Morgan fingerprint density at radius 1 is 1.44 bits per heavy atom. The molecule has 0 atom stereocenters. The van der Waals surface area contributed by atoms with Gasteiger partial charge < -0.3 is 15.6 Å². The van der Waals surface area contributed by atoms with Gasteiger partial charge in [0.1, 0.15) is 5.75 Å². The molecule has 1 fully saturated rings. The number of benzene rings is 1. The summed E-state index contributed by atoms with van der Waals surface area (Å²) < 4.78 is 6.32. The molecule has 3 N–H and O–H groups in total. The van der Waals surface area contributed by atoms with Crippen LogP contribution in [0.3, 0.4) is 0 Å². The second kappa shape index (κ2) is 5.59. The summed E-state index contributed by atoms with van der Waals surface area (Å²) in [6.45, 7) is 0. The number of hydrogen-bond donors (Lipinski definition) is 2. The molecule has 0 amide bonds. The van der Waals surface area contributed by atoms with E-state index in [9.17, 15) is 5.11 Å². The van der Waals surface area contributed by atoms with E-state index in [-0.39, 0.29) is 11.6 Å². The zero-order chi connectivity index (χ0) is 13.2. The maximum atomic E-state index is 9.56. The molecule has 0 aromatic heterocycles. The fourth-order valence-electron chi connectivity index (χ4n) is 2.55. The largest absolute Gasteiger partial charge is 0.497 e. The van der Waals surface area contributed by atoms with E-state index >= 15 is 0 Å². The van der Waals surface area contributed by atoms with Crippen LogP contribution in [0.15, 0.2) is 22.7 Å². The molecule has 1 aromatic rings. The quantitative estimate of drug-likeness (QED) is 0.902. The maximum Gasteiger partial charge on any atom is 0.119 e. The van der Waals surface area contributed by atoms with Gasteiger partial charge in [-0.05, 0) is 55.9 Å². The Kier molecular flexibility index (Phi) is 4.30. The number of aliphatic hydroxyl groups is 1.